The van der Waals surface area contributed by atoms with Crippen LogP contribution in [0.4, 0.5) is 11.5 Å². The summed E-state index contributed by atoms with van der Waals surface area (Å²) in [5.74, 6) is 1.52. The van der Waals surface area contributed by atoms with Crippen LogP contribution < -0.4 is 15.8 Å². The summed E-state index contributed by atoms with van der Waals surface area (Å²) in [7, 11) is 1.64. The zero-order valence-electron chi connectivity index (χ0n) is 14.3. The van der Waals surface area contributed by atoms with Gasteiger partial charge in [0, 0.05) is 30.3 Å². The van der Waals surface area contributed by atoms with Crippen molar-refractivity contribution in [1.82, 2.24) is 4.98 Å². The van der Waals surface area contributed by atoms with Crippen LogP contribution in [0.15, 0.2) is 66.4 Å². The average molecular weight is 337 g/mol. The van der Waals surface area contributed by atoms with E-state index in [2.05, 4.69) is 16.9 Å². The van der Waals surface area contributed by atoms with E-state index in [0.717, 1.165) is 33.8 Å². The van der Waals surface area contributed by atoms with Gasteiger partial charge >= 0.3 is 0 Å². The Labute approximate surface area is 147 Å². The Hall–Kier alpha value is -2.92. The zero-order valence-corrected chi connectivity index (χ0v) is 14.3. The van der Waals surface area contributed by atoms with Crippen molar-refractivity contribution < 1.29 is 9.84 Å². The Morgan fingerprint density at radius 2 is 2.20 bits per heavy atom. The number of anilines is 2. The zero-order chi connectivity index (χ0) is 17.8. The van der Waals surface area contributed by atoms with Crippen molar-refractivity contribution in [2.75, 3.05) is 24.7 Å². The molecule has 1 aromatic carbocycles. The van der Waals surface area contributed by atoms with Gasteiger partial charge in [0.05, 0.1) is 18.9 Å². The normalized spacial score (nSPS) is 16.4. The number of allylic oxidation sites excluding steroid dienone is 2. The van der Waals surface area contributed by atoms with E-state index in [1.165, 1.54) is 0 Å². The van der Waals surface area contributed by atoms with Crippen LogP contribution in [0.1, 0.15) is 6.42 Å². The van der Waals surface area contributed by atoms with Crippen molar-refractivity contribution in [1.29, 1.82) is 0 Å². The number of methoxy groups -OCH3 is 1. The van der Waals surface area contributed by atoms with Gasteiger partial charge in [-0.3, -0.25) is 0 Å². The highest BCUT2D eigenvalue weighted by Crippen LogP contribution is 2.37. The molecule has 3 rings (SSSR count). The van der Waals surface area contributed by atoms with E-state index in [1.54, 1.807) is 13.2 Å². The average Bonchev–Trinajstić information content (AvgIpc) is 3.00. The van der Waals surface area contributed by atoms with E-state index in [9.17, 15) is 5.11 Å². The molecule has 2 aromatic rings. The summed E-state index contributed by atoms with van der Waals surface area (Å²) in [5, 5.41) is 13.0. The maximum atomic E-state index is 9.71. The molecule has 1 aliphatic rings. The SMILES string of the molecule is C=C(CNc1[nH]cc(-c2ccccc2OC)c1N)C1=CC=CC(O)C1. The first kappa shape index (κ1) is 16.9. The number of benzene rings is 1. The molecular weight excluding hydrogens is 314 g/mol. The smallest absolute Gasteiger partial charge is 0.127 e. The maximum Gasteiger partial charge on any atom is 0.127 e. The predicted molar refractivity (Wildman–Crippen MR) is 103 cm³/mol. The van der Waals surface area contributed by atoms with Crippen molar-refractivity contribution in [3.05, 3.63) is 66.4 Å². The monoisotopic (exact) mass is 337 g/mol. The molecule has 0 amide bonds. The minimum absolute atomic E-state index is 0.440. The van der Waals surface area contributed by atoms with Crippen LogP contribution in [0, 0.1) is 0 Å². The lowest BCUT2D eigenvalue weighted by molar-refractivity contribution is 0.223. The number of hydrogen-bond donors (Lipinski definition) is 4. The molecule has 0 radical (unpaired) electrons. The third kappa shape index (κ3) is 3.61. The van der Waals surface area contributed by atoms with Crippen molar-refractivity contribution in [3.63, 3.8) is 0 Å². The van der Waals surface area contributed by atoms with E-state index in [4.69, 9.17) is 10.5 Å². The molecule has 5 N–H and O–H groups in total. The topological polar surface area (TPSA) is 83.3 Å². The summed E-state index contributed by atoms with van der Waals surface area (Å²) >= 11 is 0. The number of nitrogens with one attached hydrogen (secondary N) is 2. The van der Waals surface area contributed by atoms with E-state index in [-0.39, 0.29) is 0 Å². The van der Waals surface area contributed by atoms with Gasteiger partial charge in [-0.15, -0.1) is 0 Å². The number of aliphatic hydroxyl groups is 1. The molecule has 1 heterocycles. The van der Waals surface area contributed by atoms with E-state index < -0.39 is 6.10 Å². The summed E-state index contributed by atoms with van der Waals surface area (Å²) < 4.78 is 5.41. The molecule has 130 valence electrons. The number of aromatic nitrogens is 1. The fourth-order valence-corrected chi connectivity index (χ4v) is 2.90. The van der Waals surface area contributed by atoms with Crippen LogP contribution in [-0.4, -0.2) is 29.8 Å². The molecule has 0 aliphatic heterocycles. The molecule has 1 aromatic heterocycles. The molecule has 0 saturated carbocycles. The Bertz CT molecular complexity index is 833. The second-order valence-corrected chi connectivity index (χ2v) is 6.00. The number of aliphatic hydroxyl groups excluding tert-OH is 1. The van der Waals surface area contributed by atoms with Gasteiger partial charge < -0.3 is 25.9 Å². The second kappa shape index (κ2) is 7.32. The summed E-state index contributed by atoms with van der Waals surface area (Å²) in [6.45, 7) is 4.64. The number of para-hydroxylation sites is 1. The molecule has 1 atom stereocenters. The Balaban J connectivity index is 1.73. The van der Waals surface area contributed by atoms with Crippen LogP contribution in [0.25, 0.3) is 11.1 Å². The van der Waals surface area contributed by atoms with Gasteiger partial charge in [0.25, 0.3) is 0 Å². The molecule has 0 fully saturated rings. The molecule has 0 spiro atoms. The van der Waals surface area contributed by atoms with Gasteiger partial charge in [-0.1, -0.05) is 43.0 Å². The van der Waals surface area contributed by atoms with Gasteiger partial charge in [0.15, 0.2) is 0 Å². The highest BCUT2D eigenvalue weighted by atomic mass is 16.5. The first-order valence-electron chi connectivity index (χ1n) is 8.18. The number of H-pyrrole nitrogens is 1. The Morgan fingerprint density at radius 1 is 1.40 bits per heavy atom. The largest absolute Gasteiger partial charge is 0.496 e. The molecule has 0 bridgehead atoms. The minimum Gasteiger partial charge on any atom is -0.496 e. The predicted octanol–water partition coefficient (Wildman–Crippen LogP) is 3.49. The van der Waals surface area contributed by atoms with E-state index >= 15 is 0 Å². The van der Waals surface area contributed by atoms with Crippen LogP contribution in [0.3, 0.4) is 0 Å². The van der Waals surface area contributed by atoms with Crippen molar-refractivity contribution in [3.8, 4) is 16.9 Å². The molecular formula is C20H23N3O2. The fourth-order valence-electron chi connectivity index (χ4n) is 2.90. The lowest BCUT2D eigenvalue weighted by Crippen LogP contribution is -2.13. The number of hydrogen-bond acceptors (Lipinski definition) is 4. The van der Waals surface area contributed by atoms with Crippen LogP contribution >= 0.6 is 0 Å². The van der Waals surface area contributed by atoms with E-state index in [0.29, 0.717) is 18.7 Å². The first-order chi connectivity index (χ1) is 12.1. The molecule has 5 nitrogen and oxygen atoms in total. The lowest BCUT2D eigenvalue weighted by Gasteiger charge is -2.17. The highest BCUT2D eigenvalue weighted by Gasteiger charge is 2.15. The van der Waals surface area contributed by atoms with Crippen molar-refractivity contribution >= 4 is 11.5 Å². The summed E-state index contributed by atoms with van der Waals surface area (Å²) in [6.07, 6.45) is 7.62. The van der Waals surface area contributed by atoms with Gasteiger partial charge in [-0.05, 0) is 17.2 Å². The Morgan fingerprint density at radius 3 is 2.96 bits per heavy atom. The van der Waals surface area contributed by atoms with Gasteiger partial charge in [0.2, 0.25) is 0 Å². The van der Waals surface area contributed by atoms with Gasteiger partial charge in [-0.2, -0.15) is 0 Å². The number of ether oxygens (including phenoxy) is 1. The third-order valence-electron chi connectivity index (χ3n) is 4.31. The number of nitrogens with two attached hydrogens (primary N) is 1. The molecule has 1 aliphatic carbocycles. The number of aromatic amines is 1. The summed E-state index contributed by atoms with van der Waals surface area (Å²) in [4.78, 5) is 3.18. The highest BCUT2D eigenvalue weighted by molar-refractivity contribution is 5.87. The number of nitrogen functional groups attached to an aromatic ring is 1. The lowest BCUT2D eigenvalue weighted by atomic mass is 9.96. The minimum atomic E-state index is -0.440. The quantitative estimate of drug-likeness (QED) is 0.650. The third-order valence-corrected chi connectivity index (χ3v) is 4.31. The standard InChI is InChI=1S/C20H23N3O2/c1-13(14-6-5-7-15(24)10-14)11-22-20-19(21)17(12-23-20)16-8-3-4-9-18(16)25-2/h3-9,12,15,22-24H,1,10-11,21H2,2H3. The van der Waals surface area contributed by atoms with Crippen LogP contribution in [-0.2, 0) is 0 Å². The second-order valence-electron chi connectivity index (χ2n) is 6.00. The molecule has 25 heavy (non-hydrogen) atoms. The Kier molecular flexibility index (Phi) is 4.95. The number of rotatable bonds is 6. The first-order valence-corrected chi connectivity index (χ1v) is 8.18. The maximum absolute atomic E-state index is 9.71. The van der Waals surface area contributed by atoms with E-state index in [1.807, 2.05) is 42.6 Å². The van der Waals surface area contributed by atoms with Gasteiger partial charge in [0.1, 0.15) is 11.6 Å². The fraction of sp³-hybridized carbons (Fsp3) is 0.200. The van der Waals surface area contributed by atoms with Crippen molar-refractivity contribution in [2.45, 2.75) is 12.5 Å². The van der Waals surface area contributed by atoms with Crippen LogP contribution in [0.5, 0.6) is 5.75 Å². The molecule has 0 saturated heterocycles. The van der Waals surface area contributed by atoms with Crippen LogP contribution in [0.2, 0.25) is 0 Å². The van der Waals surface area contributed by atoms with Crippen molar-refractivity contribution in [2.24, 2.45) is 0 Å². The van der Waals surface area contributed by atoms with Gasteiger partial charge in [-0.25, -0.2) is 0 Å². The molecule has 1 unspecified atom stereocenters. The summed E-state index contributed by atoms with van der Waals surface area (Å²) in [5.41, 5.74) is 10.7. The summed E-state index contributed by atoms with van der Waals surface area (Å²) in [6, 6.07) is 7.76. The molecule has 5 heteroatoms.